The van der Waals surface area contributed by atoms with E-state index in [1.165, 1.54) is 0 Å². The molecule has 0 spiro atoms. The van der Waals surface area contributed by atoms with Crippen LogP contribution in [-0.2, 0) is 19.6 Å². The highest BCUT2D eigenvalue weighted by molar-refractivity contribution is 7.92. The van der Waals surface area contributed by atoms with Crippen LogP contribution in [0.1, 0.15) is 19.8 Å². The Bertz CT molecular complexity index is 761. The standard InChI is InChI=1S/C17H24N2O6S/c1-12(17(20)18-11-14-4-3-7-23-14)19(26(2,21)22)13-5-6-15-16(10-13)25-9-8-24-15/h5-6,10,12,14H,3-4,7-9,11H2,1-2H3,(H,18,20)/t12-,14+/m1/s1. The zero-order valence-electron chi connectivity index (χ0n) is 14.9. The number of ether oxygens (including phenoxy) is 3. The molecular weight excluding hydrogens is 360 g/mol. The van der Waals surface area contributed by atoms with E-state index in [0.29, 0.717) is 43.6 Å². The molecule has 3 rings (SSSR count). The summed E-state index contributed by atoms with van der Waals surface area (Å²) >= 11 is 0. The van der Waals surface area contributed by atoms with Crippen molar-refractivity contribution >= 4 is 21.6 Å². The van der Waals surface area contributed by atoms with Gasteiger partial charge in [0.15, 0.2) is 11.5 Å². The van der Waals surface area contributed by atoms with Crippen LogP contribution in [0, 0.1) is 0 Å². The van der Waals surface area contributed by atoms with Gasteiger partial charge in [0.2, 0.25) is 15.9 Å². The van der Waals surface area contributed by atoms with Crippen molar-refractivity contribution in [3.63, 3.8) is 0 Å². The van der Waals surface area contributed by atoms with E-state index in [0.717, 1.165) is 23.4 Å². The van der Waals surface area contributed by atoms with Crippen LogP contribution in [0.2, 0.25) is 0 Å². The van der Waals surface area contributed by atoms with Crippen LogP contribution in [0.4, 0.5) is 5.69 Å². The first-order valence-corrected chi connectivity index (χ1v) is 10.5. The van der Waals surface area contributed by atoms with Gasteiger partial charge in [-0.2, -0.15) is 0 Å². The summed E-state index contributed by atoms with van der Waals surface area (Å²) in [5.74, 6) is 0.652. The van der Waals surface area contributed by atoms with E-state index in [1.807, 2.05) is 0 Å². The van der Waals surface area contributed by atoms with Crippen LogP contribution in [0.25, 0.3) is 0 Å². The van der Waals surface area contributed by atoms with Gasteiger partial charge >= 0.3 is 0 Å². The molecule has 26 heavy (non-hydrogen) atoms. The minimum Gasteiger partial charge on any atom is -0.486 e. The summed E-state index contributed by atoms with van der Waals surface area (Å²) in [6.45, 7) is 3.48. The van der Waals surface area contributed by atoms with E-state index in [1.54, 1.807) is 25.1 Å². The second kappa shape index (κ2) is 7.71. The van der Waals surface area contributed by atoms with Crippen LogP contribution in [0.15, 0.2) is 18.2 Å². The number of hydrogen-bond donors (Lipinski definition) is 1. The number of fused-ring (bicyclic) bond motifs is 1. The zero-order valence-corrected chi connectivity index (χ0v) is 15.8. The number of benzene rings is 1. The Hall–Kier alpha value is -2.00. The van der Waals surface area contributed by atoms with Gasteiger partial charge in [-0.05, 0) is 31.9 Å². The predicted octanol–water partition coefficient (Wildman–Crippen LogP) is 0.907. The topological polar surface area (TPSA) is 94.2 Å². The fraction of sp³-hybridized carbons (Fsp3) is 0.588. The van der Waals surface area contributed by atoms with Gasteiger partial charge in [-0.15, -0.1) is 0 Å². The van der Waals surface area contributed by atoms with Gasteiger partial charge in [0.05, 0.1) is 18.0 Å². The number of hydrogen-bond acceptors (Lipinski definition) is 6. The maximum absolute atomic E-state index is 12.5. The van der Waals surface area contributed by atoms with Crippen molar-refractivity contribution in [1.82, 2.24) is 5.32 Å². The fourth-order valence-electron chi connectivity index (χ4n) is 3.15. The van der Waals surface area contributed by atoms with E-state index in [2.05, 4.69) is 5.32 Å². The van der Waals surface area contributed by atoms with Gasteiger partial charge in [-0.3, -0.25) is 9.10 Å². The molecule has 0 aromatic heterocycles. The Morgan fingerprint density at radius 3 is 2.65 bits per heavy atom. The molecule has 1 aromatic carbocycles. The molecule has 0 aliphatic carbocycles. The zero-order chi connectivity index (χ0) is 18.7. The highest BCUT2D eigenvalue weighted by Crippen LogP contribution is 2.35. The molecule has 0 saturated carbocycles. The maximum Gasteiger partial charge on any atom is 0.243 e. The molecule has 9 heteroatoms. The van der Waals surface area contributed by atoms with Crippen LogP contribution < -0.4 is 19.1 Å². The summed E-state index contributed by atoms with van der Waals surface area (Å²) < 4.78 is 42.3. The van der Waals surface area contributed by atoms with Crippen molar-refractivity contribution < 1.29 is 27.4 Å². The lowest BCUT2D eigenvalue weighted by molar-refractivity contribution is -0.122. The molecule has 0 unspecified atom stereocenters. The van der Waals surface area contributed by atoms with Crippen molar-refractivity contribution in [3.8, 4) is 11.5 Å². The summed E-state index contributed by atoms with van der Waals surface area (Å²) in [4.78, 5) is 12.5. The largest absolute Gasteiger partial charge is 0.486 e. The highest BCUT2D eigenvalue weighted by atomic mass is 32.2. The third kappa shape index (κ3) is 4.21. The van der Waals surface area contributed by atoms with Gasteiger partial charge in [0, 0.05) is 19.2 Å². The summed E-state index contributed by atoms with van der Waals surface area (Å²) in [6.07, 6.45) is 2.94. The molecule has 0 bridgehead atoms. The van der Waals surface area contributed by atoms with Crippen molar-refractivity contribution in [2.45, 2.75) is 31.9 Å². The van der Waals surface area contributed by atoms with Gasteiger partial charge in [-0.1, -0.05) is 0 Å². The first kappa shape index (κ1) is 18.8. The fourth-order valence-corrected chi connectivity index (χ4v) is 4.31. The maximum atomic E-state index is 12.5. The summed E-state index contributed by atoms with van der Waals surface area (Å²) in [6, 6.07) is 3.94. The number of carbonyl (C=O) groups is 1. The Balaban J connectivity index is 1.78. The summed E-state index contributed by atoms with van der Waals surface area (Å²) in [5.41, 5.74) is 0.358. The summed E-state index contributed by atoms with van der Waals surface area (Å²) in [5, 5.41) is 2.78. The molecule has 1 amide bonds. The average Bonchev–Trinajstić information content (AvgIpc) is 3.12. The van der Waals surface area contributed by atoms with Gasteiger partial charge in [-0.25, -0.2) is 8.42 Å². The van der Waals surface area contributed by atoms with E-state index >= 15 is 0 Å². The highest BCUT2D eigenvalue weighted by Gasteiger charge is 2.30. The van der Waals surface area contributed by atoms with E-state index in [-0.39, 0.29) is 12.0 Å². The van der Waals surface area contributed by atoms with Crippen molar-refractivity contribution in [3.05, 3.63) is 18.2 Å². The number of rotatable bonds is 6. The molecule has 1 saturated heterocycles. The lowest BCUT2D eigenvalue weighted by atomic mass is 10.2. The summed E-state index contributed by atoms with van der Waals surface area (Å²) in [7, 11) is -3.68. The molecule has 2 heterocycles. The molecule has 144 valence electrons. The molecule has 2 aliphatic heterocycles. The Kier molecular flexibility index (Phi) is 5.57. The molecule has 1 fully saturated rings. The van der Waals surface area contributed by atoms with Crippen molar-refractivity contribution in [1.29, 1.82) is 0 Å². The van der Waals surface area contributed by atoms with E-state index in [4.69, 9.17) is 14.2 Å². The van der Waals surface area contributed by atoms with Gasteiger partial charge in [0.25, 0.3) is 0 Å². The smallest absolute Gasteiger partial charge is 0.243 e. The third-order valence-electron chi connectivity index (χ3n) is 4.40. The Morgan fingerprint density at radius 1 is 1.27 bits per heavy atom. The lowest BCUT2D eigenvalue weighted by Crippen LogP contribution is -2.49. The molecule has 2 aliphatic rings. The first-order valence-electron chi connectivity index (χ1n) is 8.64. The molecule has 0 radical (unpaired) electrons. The van der Waals surface area contributed by atoms with Gasteiger partial charge in [0.1, 0.15) is 19.3 Å². The molecular formula is C17H24N2O6S. The minimum atomic E-state index is -3.68. The predicted molar refractivity (Wildman–Crippen MR) is 96.2 cm³/mol. The van der Waals surface area contributed by atoms with E-state index in [9.17, 15) is 13.2 Å². The second-order valence-corrected chi connectivity index (χ2v) is 8.30. The molecule has 1 N–H and O–H groups in total. The number of sulfonamides is 1. The first-order chi connectivity index (χ1) is 12.4. The third-order valence-corrected chi connectivity index (χ3v) is 5.64. The minimum absolute atomic E-state index is 0.00729. The van der Waals surface area contributed by atoms with Crippen molar-refractivity contribution in [2.75, 3.05) is 36.9 Å². The van der Waals surface area contributed by atoms with Crippen LogP contribution in [-0.4, -0.2) is 59.1 Å². The monoisotopic (exact) mass is 384 g/mol. The molecule has 2 atom stereocenters. The van der Waals surface area contributed by atoms with Crippen molar-refractivity contribution in [2.24, 2.45) is 0 Å². The molecule has 8 nitrogen and oxygen atoms in total. The number of nitrogens with zero attached hydrogens (tertiary/aromatic N) is 1. The number of nitrogens with one attached hydrogen (secondary N) is 1. The SMILES string of the molecule is C[C@H](C(=O)NC[C@@H]1CCCO1)N(c1ccc2c(c1)OCCO2)S(C)(=O)=O. The lowest BCUT2D eigenvalue weighted by Gasteiger charge is -2.29. The Morgan fingerprint density at radius 2 is 2.00 bits per heavy atom. The number of carbonyl (C=O) groups excluding carboxylic acids is 1. The second-order valence-electron chi connectivity index (χ2n) is 6.44. The normalized spacial score (nSPS) is 20.5. The van der Waals surface area contributed by atoms with Crippen LogP contribution >= 0.6 is 0 Å². The molecule has 1 aromatic rings. The van der Waals surface area contributed by atoms with Crippen LogP contribution in [0.3, 0.4) is 0 Å². The quantitative estimate of drug-likeness (QED) is 0.783. The Labute approximate surface area is 153 Å². The van der Waals surface area contributed by atoms with E-state index < -0.39 is 16.1 Å². The van der Waals surface area contributed by atoms with Gasteiger partial charge < -0.3 is 19.5 Å². The number of amides is 1. The average molecular weight is 384 g/mol. The number of anilines is 1. The van der Waals surface area contributed by atoms with Crippen LogP contribution in [0.5, 0.6) is 11.5 Å².